The molecule has 4 rings (SSSR count). The van der Waals surface area contributed by atoms with Crippen LogP contribution in [0.15, 0.2) is 29.7 Å². The first-order valence-electron chi connectivity index (χ1n) is 11.4. The summed E-state index contributed by atoms with van der Waals surface area (Å²) in [7, 11) is 0. The summed E-state index contributed by atoms with van der Waals surface area (Å²) in [5, 5.41) is 4.72. The number of nitrogens with zero attached hydrogens (tertiary/aromatic N) is 2. The third-order valence-corrected chi connectivity index (χ3v) is 8.04. The molecule has 1 aliphatic carbocycles. The van der Waals surface area contributed by atoms with Crippen LogP contribution in [0.4, 0.5) is 9.18 Å². The number of rotatable bonds is 6. The summed E-state index contributed by atoms with van der Waals surface area (Å²) in [6.45, 7) is 4.46. The Balaban J connectivity index is 1.44. The van der Waals surface area contributed by atoms with E-state index in [1.807, 2.05) is 25.3 Å². The zero-order valence-electron chi connectivity index (χ0n) is 18.8. The van der Waals surface area contributed by atoms with Gasteiger partial charge in [0, 0.05) is 30.1 Å². The first-order valence-corrected chi connectivity index (χ1v) is 12.7. The molecule has 1 N–H and O–H groups in total. The molecule has 2 heterocycles. The molecular formula is C24H29ClFN3O3S. The monoisotopic (exact) mass is 493 g/mol. The number of carbonyl (C=O) groups excluding carboxylic acids is 3. The minimum Gasteiger partial charge on any atom is -0.354 e. The van der Waals surface area contributed by atoms with Crippen LogP contribution in [0.5, 0.6) is 0 Å². The lowest BCUT2D eigenvalue weighted by Crippen LogP contribution is -2.62. The van der Waals surface area contributed by atoms with Gasteiger partial charge in [0.05, 0.1) is 6.04 Å². The molecule has 9 heteroatoms. The van der Waals surface area contributed by atoms with E-state index in [2.05, 4.69) is 5.32 Å². The molecule has 178 valence electrons. The molecule has 1 aromatic rings. The van der Waals surface area contributed by atoms with Gasteiger partial charge in [0.15, 0.2) is 0 Å². The number of benzene rings is 1. The Morgan fingerprint density at radius 1 is 1.24 bits per heavy atom. The summed E-state index contributed by atoms with van der Waals surface area (Å²) in [6, 6.07) is 3.57. The summed E-state index contributed by atoms with van der Waals surface area (Å²) in [6.07, 6.45) is 5.00. The molecule has 6 nitrogen and oxygen atoms in total. The highest BCUT2D eigenvalue weighted by atomic mass is 35.5. The van der Waals surface area contributed by atoms with Gasteiger partial charge in [-0.1, -0.05) is 23.7 Å². The highest BCUT2D eigenvalue weighted by Gasteiger charge is 2.47. The predicted molar refractivity (Wildman–Crippen MR) is 127 cm³/mol. The molecule has 1 aromatic carbocycles. The van der Waals surface area contributed by atoms with Crippen molar-refractivity contribution < 1.29 is 18.8 Å². The molecule has 0 radical (unpaired) electrons. The van der Waals surface area contributed by atoms with E-state index >= 15 is 0 Å². The van der Waals surface area contributed by atoms with Crippen molar-refractivity contribution >= 4 is 41.2 Å². The Hall–Kier alpha value is -2.06. The van der Waals surface area contributed by atoms with Crippen LogP contribution in [-0.2, 0) is 16.1 Å². The van der Waals surface area contributed by atoms with E-state index in [1.165, 1.54) is 28.8 Å². The Kier molecular flexibility index (Phi) is 7.34. The predicted octanol–water partition coefficient (Wildman–Crippen LogP) is 4.57. The Morgan fingerprint density at radius 2 is 1.97 bits per heavy atom. The van der Waals surface area contributed by atoms with E-state index in [0.29, 0.717) is 12.1 Å². The highest BCUT2D eigenvalue weighted by Crippen LogP contribution is 2.37. The minimum absolute atomic E-state index is 0.00695. The van der Waals surface area contributed by atoms with Gasteiger partial charge in [0.2, 0.25) is 11.8 Å². The van der Waals surface area contributed by atoms with Crippen molar-refractivity contribution in [2.24, 2.45) is 11.8 Å². The number of thioether (sulfide) groups is 1. The van der Waals surface area contributed by atoms with Crippen molar-refractivity contribution in [2.45, 2.75) is 63.4 Å². The van der Waals surface area contributed by atoms with Gasteiger partial charge in [-0.2, -0.15) is 0 Å². The van der Waals surface area contributed by atoms with Crippen LogP contribution >= 0.6 is 23.4 Å². The number of urea groups is 1. The lowest BCUT2D eigenvalue weighted by Gasteiger charge is -2.43. The summed E-state index contributed by atoms with van der Waals surface area (Å²) in [4.78, 5) is 42.0. The van der Waals surface area contributed by atoms with E-state index in [9.17, 15) is 18.8 Å². The molecule has 2 aliphatic heterocycles. The molecule has 2 atom stereocenters. The van der Waals surface area contributed by atoms with Gasteiger partial charge in [-0.15, -0.1) is 11.8 Å². The number of halogens is 2. The van der Waals surface area contributed by atoms with Crippen molar-refractivity contribution in [2.75, 3.05) is 6.54 Å². The van der Waals surface area contributed by atoms with Gasteiger partial charge in [-0.05, 0) is 68.6 Å². The first kappa shape index (κ1) is 24.1. The molecule has 1 saturated carbocycles. The first-order chi connectivity index (χ1) is 15.7. The maximum absolute atomic E-state index is 13.5. The second kappa shape index (κ2) is 10.1. The Bertz CT molecular complexity index is 964. The molecular weight excluding hydrogens is 465 g/mol. The molecule has 3 aliphatic rings. The van der Waals surface area contributed by atoms with Crippen molar-refractivity contribution in [3.63, 3.8) is 0 Å². The van der Waals surface area contributed by atoms with Gasteiger partial charge in [0.25, 0.3) is 0 Å². The van der Waals surface area contributed by atoms with Gasteiger partial charge >= 0.3 is 6.03 Å². The molecule has 2 unspecified atom stereocenters. The van der Waals surface area contributed by atoms with E-state index in [-0.39, 0.29) is 58.6 Å². The Labute approximate surface area is 202 Å². The SMILES string of the molecule is CC(C)NC(=O)C1CCC(CN2C(=O)C3SC=CC3N(Cc3ccc(F)cc3Cl)C2=O)CC1. The van der Waals surface area contributed by atoms with Crippen molar-refractivity contribution in [1.82, 2.24) is 15.1 Å². The maximum atomic E-state index is 13.5. The summed E-state index contributed by atoms with van der Waals surface area (Å²) in [5.74, 6) is -0.341. The molecule has 1 saturated heterocycles. The second-order valence-corrected chi connectivity index (χ2v) is 10.8. The van der Waals surface area contributed by atoms with E-state index < -0.39 is 5.82 Å². The number of hydrogen-bond donors (Lipinski definition) is 1. The fourth-order valence-electron chi connectivity index (χ4n) is 4.84. The van der Waals surface area contributed by atoms with Crippen LogP contribution in [0, 0.1) is 17.7 Å². The molecule has 4 amide bonds. The molecule has 0 aromatic heterocycles. The molecule has 0 spiro atoms. The van der Waals surface area contributed by atoms with Crippen LogP contribution in [0.3, 0.4) is 0 Å². The number of nitrogens with one attached hydrogen (secondary N) is 1. The normalized spacial score (nSPS) is 27.3. The largest absolute Gasteiger partial charge is 0.354 e. The van der Waals surface area contributed by atoms with Crippen LogP contribution in [-0.4, -0.2) is 51.5 Å². The molecule has 33 heavy (non-hydrogen) atoms. The second-order valence-electron chi connectivity index (χ2n) is 9.35. The zero-order chi connectivity index (χ0) is 23.7. The van der Waals surface area contributed by atoms with Gasteiger partial charge in [0.1, 0.15) is 11.1 Å². The smallest absolute Gasteiger partial charge is 0.327 e. The summed E-state index contributed by atoms with van der Waals surface area (Å²) < 4.78 is 13.5. The summed E-state index contributed by atoms with van der Waals surface area (Å²) >= 11 is 7.64. The maximum Gasteiger partial charge on any atom is 0.327 e. The third-order valence-electron chi connectivity index (χ3n) is 6.60. The van der Waals surface area contributed by atoms with Crippen LogP contribution in [0.2, 0.25) is 5.02 Å². The topological polar surface area (TPSA) is 69.7 Å². The van der Waals surface area contributed by atoms with Crippen molar-refractivity contribution in [1.29, 1.82) is 0 Å². The van der Waals surface area contributed by atoms with E-state index in [0.717, 1.165) is 25.7 Å². The van der Waals surface area contributed by atoms with Crippen LogP contribution in [0.25, 0.3) is 0 Å². The molecule has 2 fully saturated rings. The van der Waals surface area contributed by atoms with Crippen molar-refractivity contribution in [3.05, 3.63) is 46.1 Å². The number of fused-ring (bicyclic) bond motifs is 1. The zero-order valence-corrected chi connectivity index (χ0v) is 20.4. The lowest BCUT2D eigenvalue weighted by atomic mass is 9.81. The van der Waals surface area contributed by atoms with E-state index in [1.54, 1.807) is 11.0 Å². The van der Waals surface area contributed by atoms with Crippen LogP contribution < -0.4 is 5.32 Å². The van der Waals surface area contributed by atoms with Gasteiger partial charge in [-0.3, -0.25) is 14.5 Å². The third kappa shape index (κ3) is 5.22. The fourth-order valence-corrected chi connectivity index (χ4v) is 6.13. The average Bonchev–Trinajstić information content (AvgIpc) is 3.25. The quantitative estimate of drug-likeness (QED) is 0.630. The Morgan fingerprint density at radius 3 is 2.64 bits per heavy atom. The number of carbonyl (C=O) groups is 3. The number of amides is 4. The van der Waals surface area contributed by atoms with Crippen LogP contribution in [0.1, 0.15) is 45.1 Å². The summed E-state index contributed by atoms with van der Waals surface area (Å²) in [5.41, 5.74) is 0.640. The molecule has 0 bridgehead atoms. The van der Waals surface area contributed by atoms with Gasteiger partial charge in [-0.25, -0.2) is 9.18 Å². The number of hydrogen-bond acceptors (Lipinski definition) is 4. The number of imide groups is 1. The minimum atomic E-state index is -0.433. The highest BCUT2D eigenvalue weighted by molar-refractivity contribution is 8.03. The van der Waals surface area contributed by atoms with Gasteiger partial charge < -0.3 is 10.2 Å². The fraction of sp³-hybridized carbons (Fsp3) is 0.542. The standard InChI is InChI=1S/C24H29ClFN3O3S/c1-14(2)27-22(30)16-5-3-15(4-6-16)12-29-23(31)21-20(9-10-33-21)28(24(29)32)13-17-7-8-18(26)11-19(17)25/h7-11,14-16,20-21H,3-6,12-13H2,1-2H3,(H,27,30). The van der Waals surface area contributed by atoms with E-state index in [4.69, 9.17) is 11.6 Å². The average molecular weight is 494 g/mol. The lowest BCUT2D eigenvalue weighted by molar-refractivity contribution is -0.132. The van der Waals surface area contributed by atoms with Crippen molar-refractivity contribution in [3.8, 4) is 0 Å².